The molecule has 16 heavy (non-hydrogen) atoms. The third kappa shape index (κ3) is 3.42. The SMILES string of the molecule is CCN(CC(C)CN)c1nc(C(C)C)ns1. The average Bonchev–Trinajstić information content (AvgIpc) is 2.74. The van der Waals surface area contributed by atoms with Gasteiger partial charge in [-0.1, -0.05) is 20.8 Å². The average molecular weight is 242 g/mol. The van der Waals surface area contributed by atoms with E-state index in [4.69, 9.17) is 5.73 Å². The number of aromatic nitrogens is 2. The lowest BCUT2D eigenvalue weighted by molar-refractivity contribution is 0.575. The molecule has 2 N–H and O–H groups in total. The molecule has 0 saturated carbocycles. The van der Waals surface area contributed by atoms with E-state index in [2.05, 4.69) is 42.0 Å². The number of rotatable bonds is 6. The molecule has 1 heterocycles. The van der Waals surface area contributed by atoms with Crippen LogP contribution in [0.1, 0.15) is 39.4 Å². The molecule has 4 nitrogen and oxygen atoms in total. The fraction of sp³-hybridized carbons (Fsp3) is 0.818. The highest BCUT2D eigenvalue weighted by molar-refractivity contribution is 7.09. The lowest BCUT2D eigenvalue weighted by Gasteiger charge is -2.22. The van der Waals surface area contributed by atoms with Gasteiger partial charge in [-0.25, -0.2) is 4.98 Å². The number of hydrogen-bond donors (Lipinski definition) is 1. The number of anilines is 1. The van der Waals surface area contributed by atoms with Gasteiger partial charge in [0.2, 0.25) is 5.13 Å². The zero-order valence-corrected chi connectivity index (χ0v) is 11.4. The first-order chi connectivity index (χ1) is 7.58. The Labute approximate surface area is 102 Å². The maximum absolute atomic E-state index is 5.65. The molecule has 0 aliphatic rings. The molecule has 92 valence electrons. The third-order valence-corrected chi connectivity index (χ3v) is 3.33. The van der Waals surface area contributed by atoms with Gasteiger partial charge in [-0.05, 0) is 19.4 Å². The summed E-state index contributed by atoms with van der Waals surface area (Å²) in [6, 6.07) is 0. The molecule has 0 bridgehead atoms. The summed E-state index contributed by atoms with van der Waals surface area (Å²) in [5, 5.41) is 1.02. The normalized spacial score (nSPS) is 13.1. The van der Waals surface area contributed by atoms with Crippen molar-refractivity contribution >= 4 is 16.7 Å². The van der Waals surface area contributed by atoms with Gasteiger partial charge in [-0.2, -0.15) is 4.37 Å². The summed E-state index contributed by atoms with van der Waals surface area (Å²) in [6.07, 6.45) is 0. The van der Waals surface area contributed by atoms with Crippen molar-refractivity contribution in [3.05, 3.63) is 5.82 Å². The molecule has 0 aliphatic heterocycles. The second-order valence-electron chi connectivity index (χ2n) is 4.47. The molecule has 1 atom stereocenters. The molecule has 1 aromatic heterocycles. The molecule has 1 rings (SSSR count). The molecule has 0 spiro atoms. The summed E-state index contributed by atoms with van der Waals surface area (Å²) >= 11 is 1.49. The topological polar surface area (TPSA) is 55.0 Å². The number of nitrogens with zero attached hydrogens (tertiary/aromatic N) is 3. The first-order valence-corrected chi connectivity index (χ1v) is 6.64. The summed E-state index contributed by atoms with van der Waals surface area (Å²) in [5.74, 6) is 1.83. The summed E-state index contributed by atoms with van der Waals surface area (Å²) < 4.78 is 4.38. The van der Waals surface area contributed by atoms with Gasteiger partial charge in [-0.15, -0.1) is 0 Å². The van der Waals surface area contributed by atoms with Crippen LogP contribution in [0.4, 0.5) is 5.13 Å². The minimum Gasteiger partial charge on any atom is -0.347 e. The Morgan fingerprint density at radius 3 is 2.50 bits per heavy atom. The van der Waals surface area contributed by atoms with Gasteiger partial charge < -0.3 is 10.6 Å². The van der Waals surface area contributed by atoms with Gasteiger partial charge in [0.25, 0.3) is 0 Å². The quantitative estimate of drug-likeness (QED) is 0.830. The Balaban J connectivity index is 2.71. The van der Waals surface area contributed by atoms with Crippen LogP contribution in [0.15, 0.2) is 0 Å². The fourth-order valence-electron chi connectivity index (χ4n) is 1.38. The van der Waals surface area contributed by atoms with Crippen molar-refractivity contribution in [2.45, 2.75) is 33.6 Å². The van der Waals surface area contributed by atoms with Crippen LogP contribution in [0.3, 0.4) is 0 Å². The second kappa shape index (κ2) is 6.15. The van der Waals surface area contributed by atoms with Gasteiger partial charge in [0, 0.05) is 30.5 Å². The maximum Gasteiger partial charge on any atom is 0.205 e. The lowest BCUT2D eigenvalue weighted by Crippen LogP contribution is -2.31. The predicted octanol–water partition coefficient (Wildman–Crippen LogP) is 2.08. The Morgan fingerprint density at radius 1 is 1.38 bits per heavy atom. The van der Waals surface area contributed by atoms with E-state index in [1.807, 2.05) is 0 Å². The van der Waals surface area contributed by atoms with E-state index in [0.717, 1.165) is 24.0 Å². The highest BCUT2D eigenvalue weighted by atomic mass is 32.1. The summed E-state index contributed by atoms with van der Waals surface area (Å²) in [7, 11) is 0. The zero-order valence-electron chi connectivity index (χ0n) is 10.6. The Kier molecular flexibility index (Phi) is 5.15. The largest absolute Gasteiger partial charge is 0.347 e. The van der Waals surface area contributed by atoms with Crippen molar-refractivity contribution < 1.29 is 0 Å². The highest BCUT2D eigenvalue weighted by Crippen LogP contribution is 2.21. The minimum absolute atomic E-state index is 0.399. The molecule has 1 unspecified atom stereocenters. The van der Waals surface area contributed by atoms with Crippen molar-refractivity contribution in [1.82, 2.24) is 9.36 Å². The molecule has 0 amide bonds. The monoisotopic (exact) mass is 242 g/mol. The van der Waals surface area contributed by atoms with E-state index in [1.165, 1.54) is 11.5 Å². The van der Waals surface area contributed by atoms with Crippen LogP contribution < -0.4 is 10.6 Å². The lowest BCUT2D eigenvalue weighted by atomic mass is 10.2. The van der Waals surface area contributed by atoms with Crippen LogP contribution in [0.25, 0.3) is 0 Å². The standard InChI is InChI=1S/C11H22N4S/c1-5-15(7-9(4)6-12)11-13-10(8(2)3)14-16-11/h8-9H,5-7,12H2,1-4H3. The van der Waals surface area contributed by atoms with Gasteiger partial charge in [0.1, 0.15) is 5.82 Å². The molecule has 0 aromatic carbocycles. The zero-order chi connectivity index (χ0) is 12.1. The highest BCUT2D eigenvalue weighted by Gasteiger charge is 2.14. The van der Waals surface area contributed by atoms with Crippen molar-refractivity contribution in [2.24, 2.45) is 11.7 Å². The van der Waals surface area contributed by atoms with E-state index >= 15 is 0 Å². The summed E-state index contributed by atoms with van der Waals surface area (Å²) in [6.45, 7) is 11.2. The molecular weight excluding hydrogens is 220 g/mol. The number of nitrogens with two attached hydrogens (primary N) is 1. The minimum atomic E-state index is 0.399. The van der Waals surface area contributed by atoms with E-state index in [9.17, 15) is 0 Å². The van der Waals surface area contributed by atoms with Crippen LogP contribution in [0.2, 0.25) is 0 Å². The van der Waals surface area contributed by atoms with E-state index in [0.29, 0.717) is 18.4 Å². The van der Waals surface area contributed by atoms with E-state index < -0.39 is 0 Å². The van der Waals surface area contributed by atoms with Crippen LogP contribution in [-0.4, -0.2) is 29.0 Å². The fourth-order valence-corrected chi connectivity index (χ4v) is 2.26. The molecule has 0 fully saturated rings. The van der Waals surface area contributed by atoms with Crippen molar-refractivity contribution in [3.8, 4) is 0 Å². The third-order valence-electron chi connectivity index (χ3n) is 2.53. The van der Waals surface area contributed by atoms with E-state index in [1.54, 1.807) is 0 Å². The predicted molar refractivity (Wildman–Crippen MR) is 70.1 cm³/mol. The molecule has 1 aromatic rings. The molecule has 0 radical (unpaired) electrons. The van der Waals surface area contributed by atoms with Gasteiger partial charge in [0.15, 0.2) is 0 Å². The molecular formula is C11H22N4S. The number of hydrogen-bond acceptors (Lipinski definition) is 5. The smallest absolute Gasteiger partial charge is 0.205 e. The molecule has 0 saturated heterocycles. The van der Waals surface area contributed by atoms with Crippen LogP contribution >= 0.6 is 11.5 Å². The van der Waals surface area contributed by atoms with E-state index in [-0.39, 0.29) is 0 Å². The summed E-state index contributed by atoms with van der Waals surface area (Å²) in [4.78, 5) is 6.81. The van der Waals surface area contributed by atoms with Gasteiger partial charge in [0.05, 0.1) is 0 Å². The second-order valence-corrected chi connectivity index (χ2v) is 5.20. The first kappa shape index (κ1) is 13.4. The first-order valence-electron chi connectivity index (χ1n) is 5.87. The Hall–Kier alpha value is -0.680. The van der Waals surface area contributed by atoms with Crippen LogP contribution in [-0.2, 0) is 0 Å². The van der Waals surface area contributed by atoms with Crippen molar-refractivity contribution in [2.75, 3.05) is 24.5 Å². The van der Waals surface area contributed by atoms with Gasteiger partial charge in [-0.3, -0.25) is 0 Å². The summed E-state index contributed by atoms with van der Waals surface area (Å²) in [5.41, 5.74) is 5.65. The molecule has 0 aliphatic carbocycles. The van der Waals surface area contributed by atoms with Crippen molar-refractivity contribution in [3.63, 3.8) is 0 Å². The maximum atomic E-state index is 5.65. The molecule has 5 heteroatoms. The Bertz CT molecular complexity index is 311. The van der Waals surface area contributed by atoms with Gasteiger partial charge >= 0.3 is 0 Å². The van der Waals surface area contributed by atoms with Crippen molar-refractivity contribution in [1.29, 1.82) is 0 Å². The van der Waals surface area contributed by atoms with Crippen LogP contribution in [0.5, 0.6) is 0 Å². The Morgan fingerprint density at radius 2 is 2.06 bits per heavy atom. The van der Waals surface area contributed by atoms with Crippen LogP contribution in [0, 0.1) is 5.92 Å².